The number of rotatable bonds is 5. The van der Waals surface area contributed by atoms with Crippen LogP contribution in [0.15, 0.2) is 54.6 Å². The smallest absolute Gasteiger partial charge is 0.412 e. The van der Waals surface area contributed by atoms with E-state index in [1.165, 1.54) is 0 Å². The fourth-order valence-corrected chi connectivity index (χ4v) is 3.38. The lowest BCUT2D eigenvalue weighted by Gasteiger charge is -2.29. The number of ether oxygens (including phenoxy) is 1. The number of hydrogen-bond acceptors (Lipinski definition) is 4. The van der Waals surface area contributed by atoms with Crippen molar-refractivity contribution in [2.24, 2.45) is 0 Å². The molecule has 28 heavy (non-hydrogen) atoms. The highest BCUT2D eigenvalue weighted by molar-refractivity contribution is 5.86. The van der Waals surface area contributed by atoms with Gasteiger partial charge in [0.15, 0.2) is 0 Å². The molecule has 2 amide bonds. The predicted molar refractivity (Wildman–Crippen MR) is 105 cm³/mol. The van der Waals surface area contributed by atoms with E-state index in [9.17, 15) is 14.7 Å². The van der Waals surface area contributed by atoms with Crippen molar-refractivity contribution >= 4 is 12.0 Å². The Balaban J connectivity index is 1.62. The van der Waals surface area contributed by atoms with Gasteiger partial charge < -0.3 is 14.7 Å². The third-order valence-corrected chi connectivity index (χ3v) is 4.97. The van der Waals surface area contributed by atoms with Crippen molar-refractivity contribution in [1.29, 1.82) is 0 Å². The maximum absolute atomic E-state index is 12.9. The summed E-state index contributed by atoms with van der Waals surface area (Å²) in [4.78, 5) is 28.2. The fraction of sp³-hybridized carbons (Fsp3) is 0.364. The van der Waals surface area contributed by atoms with Crippen LogP contribution in [0.3, 0.4) is 0 Å². The van der Waals surface area contributed by atoms with Crippen molar-refractivity contribution in [2.75, 3.05) is 7.05 Å². The van der Waals surface area contributed by atoms with Crippen LogP contribution < -0.4 is 0 Å². The maximum atomic E-state index is 12.9. The van der Waals surface area contributed by atoms with Crippen molar-refractivity contribution in [3.05, 3.63) is 71.3 Å². The molecule has 0 spiro atoms. The first-order chi connectivity index (χ1) is 13.5. The van der Waals surface area contributed by atoms with Gasteiger partial charge in [-0.1, -0.05) is 60.2 Å². The normalized spacial score (nSPS) is 18.8. The van der Waals surface area contributed by atoms with Gasteiger partial charge in [-0.15, -0.1) is 0 Å². The minimum Gasteiger partial charge on any atom is -0.444 e. The number of carbonyl (C=O) groups is 2. The van der Waals surface area contributed by atoms with Crippen LogP contribution in [0.5, 0.6) is 0 Å². The van der Waals surface area contributed by atoms with Crippen LogP contribution in [-0.2, 0) is 22.7 Å². The summed E-state index contributed by atoms with van der Waals surface area (Å²) in [7, 11) is 1.70. The SMILES string of the molecule is Cc1ccc(COC(=O)N2C(O)CC[C@H]2C(=O)N(C)Cc2ccccc2)cc1. The summed E-state index contributed by atoms with van der Waals surface area (Å²) < 4.78 is 5.36. The topological polar surface area (TPSA) is 70.1 Å². The molecule has 0 radical (unpaired) electrons. The van der Waals surface area contributed by atoms with Gasteiger partial charge in [-0.3, -0.25) is 9.69 Å². The van der Waals surface area contributed by atoms with E-state index in [1.807, 2.05) is 61.5 Å². The third kappa shape index (κ3) is 4.70. The van der Waals surface area contributed by atoms with Gasteiger partial charge >= 0.3 is 6.09 Å². The summed E-state index contributed by atoms with van der Waals surface area (Å²) in [6, 6.07) is 16.6. The van der Waals surface area contributed by atoms with E-state index in [0.717, 1.165) is 21.6 Å². The molecule has 6 heteroatoms. The molecule has 0 saturated carbocycles. The second kappa shape index (κ2) is 8.89. The average molecular weight is 382 g/mol. The Kier molecular flexibility index (Phi) is 6.31. The van der Waals surface area contributed by atoms with Crippen molar-refractivity contribution in [2.45, 2.75) is 45.2 Å². The Hall–Kier alpha value is -2.86. The standard InChI is InChI=1S/C22H26N2O4/c1-16-8-10-18(11-9-16)15-28-22(27)24-19(12-13-20(24)25)21(26)23(2)14-17-6-4-3-5-7-17/h3-11,19-20,25H,12-15H2,1-2H3/t19-,20?/m0/s1. The maximum Gasteiger partial charge on any atom is 0.412 e. The van der Waals surface area contributed by atoms with E-state index < -0.39 is 18.4 Å². The van der Waals surface area contributed by atoms with Crippen molar-refractivity contribution < 1.29 is 19.4 Å². The second-order valence-corrected chi connectivity index (χ2v) is 7.20. The molecule has 3 rings (SSSR count). The van der Waals surface area contributed by atoms with Crippen LogP contribution in [-0.4, -0.2) is 46.2 Å². The zero-order chi connectivity index (χ0) is 20.1. The molecule has 1 aliphatic heterocycles. The number of benzene rings is 2. The van der Waals surface area contributed by atoms with Gasteiger partial charge in [0.25, 0.3) is 0 Å². The Bertz CT molecular complexity index is 807. The third-order valence-electron chi connectivity index (χ3n) is 4.97. The zero-order valence-electron chi connectivity index (χ0n) is 16.2. The summed E-state index contributed by atoms with van der Waals surface area (Å²) in [5.41, 5.74) is 2.99. The van der Waals surface area contributed by atoms with Crippen LogP contribution in [0.4, 0.5) is 4.79 Å². The van der Waals surface area contributed by atoms with E-state index in [0.29, 0.717) is 19.4 Å². The number of nitrogens with zero attached hydrogens (tertiary/aromatic N) is 2. The predicted octanol–water partition coefficient (Wildman–Crippen LogP) is 3.07. The van der Waals surface area contributed by atoms with E-state index in [2.05, 4.69) is 0 Å². The van der Waals surface area contributed by atoms with Gasteiger partial charge in [-0.05, 0) is 30.9 Å². The van der Waals surface area contributed by atoms with E-state index in [1.54, 1.807) is 11.9 Å². The van der Waals surface area contributed by atoms with Crippen LogP contribution in [0.1, 0.15) is 29.5 Å². The van der Waals surface area contributed by atoms with E-state index >= 15 is 0 Å². The van der Waals surface area contributed by atoms with Crippen molar-refractivity contribution in [1.82, 2.24) is 9.80 Å². The number of hydrogen-bond donors (Lipinski definition) is 1. The first kappa shape index (κ1) is 19.9. The Labute approximate surface area is 165 Å². The van der Waals surface area contributed by atoms with Crippen LogP contribution in [0, 0.1) is 6.92 Å². The first-order valence-electron chi connectivity index (χ1n) is 9.43. The lowest BCUT2D eigenvalue weighted by atomic mass is 10.1. The molecule has 1 fully saturated rings. The summed E-state index contributed by atoms with van der Waals surface area (Å²) in [6.45, 7) is 2.53. The van der Waals surface area contributed by atoms with Crippen LogP contribution >= 0.6 is 0 Å². The fourth-order valence-electron chi connectivity index (χ4n) is 3.38. The molecule has 1 saturated heterocycles. The Morgan fingerprint density at radius 3 is 2.43 bits per heavy atom. The number of likely N-dealkylation sites (N-methyl/N-ethyl adjacent to an activating group) is 1. The molecule has 0 aromatic heterocycles. The molecule has 1 N–H and O–H groups in total. The number of likely N-dealkylation sites (tertiary alicyclic amines) is 1. The molecule has 2 aromatic rings. The summed E-state index contributed by atoms with van der Waals surface area (Å²) >= 11 is 0. The Morgan fingerprint density at radius 2 is 1.75 bits per heavy atom. The number of amides is 2. The minimum atomic E-state index is -1.01. The zero-order valence-corrected chi connectivity index (χ0v) is 16.2. The van der Waals surface area contributed by atoms with Crippen LogP contribution in [0.2, 0.25) is 0 Å². The van der Waals surface area contributed by atoms with E-state index in [-0.39, 0.29) is 12.5 Å². The van der Waals surface area contributed by atoms with Gasteiger partial charge in [-0.2, -0.15) is 0 Å². The highest BCUT2D eigenvalue weighted by Crippen LogP contribution is 2.25. The lowest BCUT2D eigenvalue weighted by molar-refractivity contribution is -0.136. The molecular formula is C22H26N2O4. The number of carbonyl (C=O) groups excluding carboxylic acids is 2. The van der Waals surface area contributed by atoms with Gasteiger partial charge in [0.05, 0.1) is 0 Å². The molecule has 1 aliphatic rings. The molecule has 0 bridgehead atoms. The van der Waals surface area contributed by atoms with Gasteiger partial charge in [0, 0.05) is 13.6 Å². The monoisotopic (exact) mass is 382 g/mol. The number of aliphatic hydroxyl groups is 1. The first-order valence-corrected chi connectivity index (χ1v) is 9.43. The molecule has 1 heterocycles. The molecule has 6 nitrogen and oxygen atoms in total. The quantitative estimate of drug-likeness (QED) is 0.863. The van der Waals surface area contributed by atoms with E-state index in [4.69, 9.17) is 4.74 Å². The Morgan fingerprint density at radius 1 is 1.07 bits per heavy atom. The summed E-state index contributed by atoms with van der Waals surface area (Å²) in [5, 5.41) is 10.2. The largest absolute Gasteiger partial charge is 0.444 e. The highest BCUT2D eigenvalue weighted by Gasteiger charge is 2.42. The lowest BCUT2D eigenvalue weighted by Crippen LogP contribution is -2.49. The number of aryl methyl sites for hydroxylation is 1. The number of aliphatic hydroxyl groups excluding tert-OH is 1. The molecule has 1 unspecified atom stereocenters. The summed E-state index contributed by atoms with van der Waals surface area (Å²) in [5.74, 6) is -0.201. The second-order valence-electron chi connectivity index (χ2n) is 7.20. The van der Waals surface area contributed by atoms with Crippen molar-refractivity contribution in [3.8, 4) is 0 Å². The summed E-state index contributed by atoms with van der Waals surface area (Å²) in [6.07, 6.45) is -0.907. The van der Waals surface area contributed by atoms with Gasteiger partial charge in [-0.25, -0.2) is 4.79 Å². The van der Waals surface area contributed by atoms with Crippen molar-refractivity contribution in [3.63, 3.8) is 0 Å². The highest BCUT2D eigenvalue weighted by atomic mass is 16.6. The van der Waals surface area contributed by atoms with Gasteiger partial charge in [0.2, 0.25) is 5.91 Å². The molecule has 2 aromatic carbocycles. The molecular weight excluding hydrogens is 356 g/mol. The molecule has 0 aliphatic carbocycles. The average Bonchev–Trinajstić information content (AvgIpc) is 3.09. The minimum absolute atomic E-state index is 0.100. The van der Waals surface area contributed by atoms with Crippen LogP contribution in [0.25, 0.3) is 0 Å². The molecule has 2 atom stereocenters. The van der Waals surface area contributed by atoms with Gasteiger partial charge in [0.1, 0.15) is 18.9 Å². The molecule has 148 valence electrons.